The van der Waals surface area contributed by atoms with Crippen molar-refractivity contribution in [2.45, 2.75) is 32.6 Å². The van der Waals surface area contributed by atoms with Crippen molar-refractivity contribution in [2.75, 3.05) is 19.7 Å². The third-order valence-electron chi connectivity index (χ3n) is 5.44. The molecule has 1 atom stereocenters. The van der Waals surface area contributed by atoms with E-state index in [1.165, 1.54) is 11.0 Å². The first kappa shape index (κ1) is 28.1. The predicted octanol–water partition coefficient (Wildman–Crippen LogP) is 2.23. The van der Waals surface area contributed by atoms with E-state index >= 15 is 0 Å². The number of nitrogens with one attached hydrogen (secondary N) is 1. The summed E-state index contributed by atoms with van der Waals surface area (Å²) in [5.74, 6) is -1.34. The summed E-state index contributed by atoms with van der Waals surface area (Å²) in [6, 6.07) is 18.0. The maximum Gasteiger partial charge on any atom is 0.475 e. The normalized spacial score (nSPS) is 11.6. The number of hydrogen-bond donors (Lipinski definition) is 3. The molecule has 1 unspecified atom stereocenters. The molecule has 2 aromatic rings. The number of amides is 2. The van der Waals surface area contributed by atoms with Gasteiger partial charge in [0, 0.05) is 19.5 Å². The number of ether oxygens (including phenoxy) is 1. The molecule has 2 rings (SSSR count). The minimum atomic E-state index is -1.77. The van der Waals surface area contributed by atoms with E-state index in [0.29, 0.717) is 29.8 Å². The van der Waals surface area contributed by atoms with Crippen LogP contribution in [0.15, 0.2) is 54.1 Å². The maximum absolute atomic E-state index is 12.5. The Morgan fingerprint density at radius 2 is 1.81 bits per heavy atom. The summed E-state index contributed by atoms with van der Waals surface area (Å²) in [7, 11) is -1.77. The average Bonchev–Trinajstić information content (AvgIpc) is 2.87. The van der Waals surface area contributed by atoms with Crippen molar-refractivity contribution in [3.8, 4) is 12.1 Å². The number of benzene rings is 2. The largest absolute Gasteiger partial charge is 0.475 e. The molecule has 0 heterocycles. The number of carbonyl (C=O) groups excluding carboxylic acids is 2. The first-order valence-corrected chi connectivity index (χ1v) is 11.6. The first-order valence-electron chi connectivity index (χ1n) is 11.6. The Morgan fingerprint density at radius 1 is 1.11 bits per heavy atom. The van der Waals surface area contributed by atoms with Gasteiger partial charge in [0.15, 0.2) is 0 Å². The van der Waals surface area contributed by atoms with E-state index in [1.54, 1.807) is 18.2 Å². The van der Waals surface area contributed by atoms with Gasteiger partial charge in [-0.25, -0.2) is 4.79 Å². The Hall–Kier alpha value is -4.12. The molecule has 10 heteroatoms. The monoisotopic (exact) mass is 488 g/mol. The third-order valence-corrected chi connectivity index (χ3v) is 5.44. The standard InChI is InChI=1S/C26H29BN4O5/c1-3-31(4-2)25(32)23(18-29)15-21-12-20(13-22(14-21)17-28)10-11-36-26(33)30-24(27(34)35)16-19-8-6-5-7-9-19/h5-9,12-15,24,34-35H,3-4,10-11,16H2,1-2H3,(H,30,33). The van der Waals surface area contributed by atoms with Gasteiger partial charge in [0.05, 0.1) is 24.2 Å². The molecule has 0 radical (unpaired) electrons. The van der Waals surface area contributed by atoms with Gasteiger partial charge in [0.25, 0.3) is 5.91 Å². The maximum atomic E-state index is 12.5. The second-order valence-corrected chi connectivity index (χ2v) is 7.96. The molecule has 36 heavy (non-hydrogen) atoms. The zero-order valence-electron chi connectivity index (χ0n) is 20.3. The lowest BCUT2D eigenvalue weighted by Gasteiger charge is -2.18. The van der Waals surface area contributed by atoms with E-state index < -0.39 is 19.2 Å². The number of nitrogens with zero attached hydrogens (tertiary/aromatic N) is 3. The lowest BCUT2D eigenvalue weighted by molar-refractivity contribution is -0.126. The van der Waals surface area contributed by atoms with Gasteiger partial charge >= 0.3 is 13.2 Å². The van der Waals surface area contributed by atoms with Gasteiger partial charge in [0.1, 0.15) is 11.6 Å². The number of carbonyl (C=O) groups is 2. The van der Waals surface area contributed by atoms with E-state index in [9.17, 15) is 30.2 Å². The molecule has 9 nitrogen and oxygen atoms in total. The van der Waals surface area contributed by atoms with Crippen molar-refractivity contribution < 1.29 is 24.4 Å². The van der Waals surface area contributed by atoms with E-state index in [1.807, 2.05) is 50.2 Å². The summed E-state index contributed by atoms with van der Waals surface area (Å²) in [5.41, 5.74) is 2.30. The van der Waals surface area contributed by atoms with Gasteiger partial charge in [-0.15, -0.1) is 0 Å². The minimum absolute atomic E-state index is 0.0348. The molecular weight excluding hydrogens is 459 g/mol. The summed E-state index contributed by atoms with van der Waals surface area (Å²) in [5, 5.41) is 40.5. The van der Waals surface area contributed by atoms with Crippen LogP contribution in [0.2, 0.25) is 0 Å². The van der Waals surface area contributed by atoms with Crippen LogP contribution >= 0.6 is 0 Å². The van der Waals surface area contributed by atoms with Crippen molar-refractivity contribution >= 4 is 25.2 Å². The van der Waals surface area contributed by atoms with Crippen molar-refractivity contribution in [3.05, 3.63) is 76.4 Å². The van der Waals surface area contributed by atoms with Gasteiger partial charge in [-0.1, -0.05) is 36.4 Å². The van der Waals surface area contributed by atoms with Crippen molar-refractivity contribution in [3.63, 3.8) is 0 Å². The quantitative estimate of drug-likeness (QED) is 0.250. The highest BCUT2D eigenvalue weighted by Gasteiger charge is 2.26. The van der Waals surface area contributed by atoms with E-state index in [0.717, 1.165) is 5.56 Å². The lowest BCUT2D eigenvalue weighted by atomic mass is 9.76. The second kappa shape index (κ2) is 14.3. The molecule has 0 spiro atoms. The van der Waals surface area contributed by atoms with E-state index in [4.69, 9.17) is 4.74 Å². The number of rotatable bonds is 11. The van der Waals surface area contributed by atoms with Crippen molar-refractivity contribution in [2.24, 2.45) is 0 Å². The van der Waals surface area contributed by atoms with Crippen LogP contribution in [0.4, 0.5) is 4.79 Å². The Labute approximate surface area is 211 Å². The van der Waals surface area contributed by atoms with E-state index in [2.05, 4.69) is 11.4 Å². The Balaban J connectivity index is 2.05. The van der Waals surface area contributed by atoms with Crippen LogP contribution in [-0.4, -0.2) is 59.7 Å². The van der Waals surface area contributed by atoms with Gasteiger partial charge < -0.3 is 25.0 Å². The van der Waals surface area contributed by atoms with Gasteiger partial charge in [-0.05, 0) is 55.2 Å². The SMILES string of the molecule is CCN(CC)C(=O)C(C#N)=Cc1cc(C#N)cc(CCOC(=O)NC(Cc2ccccc2)B(O)O)c1. The zero-order chi connectivity index (χ0) is 26.5. The molecular formula is C26H29BN4O5. The fraction of sp³-hybridized carbons (Fsp3) is 0.308. The van der Waals surface area contributed by atoms with Crippen LogP contribution in [0.1, 0.15) is 36.1 Å². The Kier molecular flexibility index (Phi) is 11.2. The zero-order valence-corrected chi connectivity index (χ0v) is 20.3. The molecule has 0 aliphatic carbocycles. The van der Waals surface area contributed by atoms with E-state index in [-0.39, 0.29) is 30.9 Å². The molecule has 186 valence electrons. The van der Waals surface area contributed by atoms with Crippen molar-refractivity contribution in [1.29, 1.82) is 10.5 Å². The van der Waals surface area contributed by atoms with Crippen LogP contribution in [0.5, 0.6) is 0 Å². The van der Waals surface area contributed by atoms with Gasteiger partial charge in [-0.2, -0.15) is 10.5 Å². The highest BCUT2D eigenvalue weighted by molar-refractivity contribution is 6.43. The van der Waals surface area contributed by atoms with Gasteiger partial charge in [0.2, 0.25) is 0 Å². The Bertz CT molecular complexity index is 1150. The number of alkyl carbamates (subject to hydrolysis) is 1. The van der Waals surface area contributed by atoms with Crippen LogP contribution in [0.3, 0.4) is 0 Å². The fourth-order valence-electron chi connectivity index (χ4n) is 3.55. The van der Waals surface area contributed by atoms with Gasteiger partial charge in [-0.3, -0.25) is 4.79 Å². The third kappa shape index (κ3) is 8.59. The summed E-state index contributed by atoms with van der Waals surface area (Å²) in [6.45, 7) is 4.55. The molecule has 0 aromatic heterocycles. The lowest BCUT2D eigenvalue weighted by Crippen LogP contribution is -2.48. The molecule has 0 bridgehead atoms. The molecule has 0 saturated heterocycles. The average molecular weight is 488 g/mol. The first-order chi connectivity index (χ1) is 17.3. The van der Waals surface area contributed by atoms with Crippen molar-refractivity contribution in [1.82, 2.24) is 10.2 Å². The number of hydrogen-bond acceptors (Lipinski definition) is 7. The smallest absolute Gasteiger partial charge is 0.449 e. The Morgan fingerprint density at radius 3 is 2.39 bits per heavy atom. The van der Waals surface area contributed by atoms with Crippen LogP contribution in [0.25, 0.3) is 6.08 Å². The fourth-order valence-corrected chi connectivity index (χ4v) is 3.55. The number of likely N-dealkylation sites (N-methyl/N-ethyl adjacent to an activating group) is 1. The second-order valence-electron chi connectivity index (χ2n) is 7.96. The van der Waals surface area contributed by atoms with Crippen LogP contribution < -0.4 is 5.32 Å². The molecule has 3 N–H and O–H groups in total. The summed E-state index contributed by atoms with van der Waals surface area (Å²) in [6.07, 6.45) is 1.11. The highest BCUT2D eigenvalue weighted by atomic mass is 16.5. The summed E-state index contributed by atoms with van der Waals surface area (Å²) >= 11 is 0. The summed E-state index contributed by atoms with van der Waals surface area (Å²) < 4.78 is 5.20. The molecule has 2 aromatic carbocycles. The predicted molar refractivity (Wildman–Crippen MR) is 135 cm³/mol. The molecule has 0 saturated carbocycles. The highest BCUT2D eigenvalue weighted by Crippen LogP contribution is 2.16. The number of nitriles is 2. The molecule has 0 aliphatic rings. The van der Waals surface area contributed by atoms with Crippen LogP contribution in [-0.2, 0) is 22.4 Å². The minimum Gasteiger partial charge on any atom is -0.449 e. The van der Waals surface area contributed by atoms with Crippen LogP contribution in [0, 0.1) is 22.7 Å². The molecule has 0 fully saturated rings. The summed E-state index contributed by atoms with van der Waals surface area (Å²) in [4.78, 5) is 26.3. The topological polar surface area (TPSA) is 147 Å². The molecule has 2 amide bonds. The molecule has 0 aliphatic heterocycles.